The van der Waals surface area contributed by atoms with Crippen molar-refractivity contribution in [2.75, 3.05) is 15.9 Å². The van der Waals surface area contributed by atoms with Crippen molar-refractivity contribution in [3.05, 3.63) is 58.1 Å². The largest absolute Gasteiger partial charge is 0.324 e. The molecule has 0 saturated heterocycles. The third-order valence-corrected chi connectivity index (χ3v) is 5.19. The number of nitrogens with one attached hydrogen (secondary N) is 1. The lowest BCUT2D eigenvalue weighted by Crippen LogP contribution is -2.45. The van der Waals surface area contributed by atoms with Gasteiger partial charge in [-0.05, 0) is 44.2 Å². The summed E-state index contributed by atoms with van der Waals surface area (Å²) in [5, 5.41) is 3.38. The highest BCUT2D eigenvalue weighted by molar-refractivity contribution is 7.92. The molecule has 0 aliphatic rings. The van der Waals surface area contributed by atoms with Gasteiger partial charge in [-0.15, -0.1) is 0 Å². The Morgan fingerprint density at radius 2 is 1.60 bits per heavy atom. The van der Waals surface area contributed by atoms with Crippen LogP contribution in [0.1, 0.15) is 12.5 Å². The van der Waals surface area contributed by atoms with Crippen molar-refractivity contribution in [3.8, 4) is 0 Å². The first-order valence-electron chi connectivity index (χ1n) is 7.41. The molecule has 0 saturated carbocycles. The van der Waals surface area contributed by atoms with Crippen LogP contribution in [0.4, 0.5) is 11.4 Å². The number of halogens is 2. The van der Waals surface area contributed by atoms with E-state index >= 15 is 0 Å². The highest BCUT2D eigenvalue weighted by atomic mass is 35.5. The van der Waals surface area contributed by atoms with Crippen LogP contribution in [0.15, 0.2) is 42.5 Å². The Balaban J connectivity index is 2.31. The fourth-order valence-electron chi connectivity index (χ4n) is 2.37. The monoisotopic (exact) mass is 400 g/mol. The van der Waals surface area contributed by atoms with Gasteiger partial charge in [-0.2, -0.15) is 0 Å². The van der Waals surface area contributed by atoms with E-state index in [1.165, 1.54) is 25.1 Å². The molecule has 2 aromatic carbocycles. The standard InChI is InChI=1S/C17H18Cl2N2O3S/c1-11-4-6-16(7-5-11)21(25(3,23)24)12(2)17(22)20-15-9-13(18)8-14(19)10-15/h4-10,12H,1-3H3,(H,20,22)/t12-/m1/s1. The quantitative estimate of drug-likeness (QED) is 0.821. The molecule has 2 rings (SSSR count). The zero-order chi connectivity index (χ0) is 18.8. The van der Waals surface area contributed by atoms with Crippen LogP contribution in [0.2, 0.25) is 10.0 Å². The van der Waals surface area contributed by atoms with Gasteiger partial charge >= 0.3 is 0 Å². The summed E-state index contributed by atoms with van der Waals surface area (Å²) in [6.07, 6.45) is 1.06. The SMILES string of the molecule is Cc1ccc(N([C@H](C)C(=O)Nc2cc(Cl)cc(Cl)c2)S(C)(=O)=O)cc1. The van der Waals surface area contributed by atoms with Gasteiger partial charge in [0.15, 0.2) is 0 Å². The number of rotatable bonds is 5. The normalized spacial score (nSPS) is 12.5. The fourth-order valence-corrected chi connectivity index (χ4v) is 4.07. The van der Waals surface area contributed by atoms with E-state index in [9.17, 15) is 13.2 Å². The lowest BCUT2D eigenvalue weighted by Gasteiger charge is -2.28. The molecule has 1 N–H and O–H groups in total. The van der Waals surface area contributed by atoms with Crippen molar-refractivity contribution in [3.63, 3.8) is 0 Å². The summed E-state index contributed by atoms with van der Waals surface area (Å²) in [6.45, 7) is 3.41. The molecule has 5 nitrogen and oxygen atoms in total. The maximum absolute atomic E-state index is 12.6. The summed E-state index contributed by atoms with van der Waals surface area (Å²) >= 11 is 11.8. The first-order chi connectivity index (χ1) is 11.6. The second-order valence-electron chi connectivity index (χ2n) is 5.72. The van der Waals surface area contributed by atoms with Crippen LogP contribution >= 0.6 is 23.2 Å². The van der Waals surface area contributed by atoms with Crippen molar-refractivity contribution in [1.29, 1.82) is 0 Å². The summed E-state index contributed by atoms with van der Waals surface area (Å²) in [6, 6.07) is 10.5. The molecule has 25 heavy (non-hydrogen) atoms. The summed E-state index contributed by atoms with van der Waals surface area (Å²) in [4.78, 5) is 12.6. The van der Waals surface area contributed by atoms with Gasteiger partial charge in [0.1, 0.15) is 6.04 Å². The zero-order valence-corrected chi connectivity index (χ0v) is 16.3. The van der Waals surface area contributed by atoms with Crippen molar-refractivity contribution in [2.24, 2.45) is 0 Å². The molecule has 0 aromatic heterocycles. The number of aryl methyl sites for hydroxylation is 1. The Morgan fingerprint density at radius 3 is 2.08 bits per heavy atom. The summed E-state index contributed by atoms with van der Waals surface area (Å²) in [5.74, 6) is -0.496. The van der Waals surface area contributed by atoms with E-state index in [1.807, 2.05) is 6.92 Å². The topological polar surface area (TPSA) is 66.5 Å². The van der Waals surface area contributed by atoms with Gasteiger partial charge in [-0.3, -0.25) is 9.10 Å². The number of hydrogen-bond donors (Lipinski definition) is 1. The molecule has 1 amide bonds. The molecular formula is C17H18Cl2N2O3S. The molecule has 1 atom stereocenters. The molecule has 0 radical (unpaired) electrons. The number of benzene rings is 2. The first-order valence-corrected chi connectivity index (χ1v) is 10.0. The zero-order valence-electron chi connectivity index (χ0n) is 14.0. The molecule has 2 aromatic rings. The molecule has 0 unspecified atom stereocenters. The molecule has 0 aliphatic carbocycles. The van der Waals surface area contributed by atoms with E-state index in [4.69, 9.17) is 23.2 Å². The van der Waals surface area contributed by atoms with Gasteiger partial charge in [0, 0.05) is 15.7 Å². The molecule has 0 heterocycles. The van der Waals surface area contributed by atoms with Gasteiger partial charge in [-0.1, -0.05) is 40.9 Å². The van der Waals surface area contributed by atoms with Crippen molar-refractivity contribution in [2.45, 2.75) is 19.9 Å². The number of nitrogens with zero attached hydrogens (tertiary/aromatic N) is 1. The van der Waals surface area contributed by atoms with E-state index in [1.54, 1.807) is 24.3 Å². The number of hydrogen-bond acceptors (Lipinski definition) is 3. The minimum atomic E-state index is -3.66. The Morgan fingerprint density at radius 1 is 1.08 bits per heavy atom. The number of sulfonamides is 1. The molecule has 0 fully saturated rings. The van der Waals surface area contributed by atoms with Crippen LogP contribution in [0.25, 0.3) is 0 Å². The Bertz CT molecular complexity index is 863. The number of carbonyl (C=O) groups excluding carboxylic acids is 1. The highest BCUT2D eigenvalue weighted by Gasteiger charge is 2.29. The van der Waals surface area contributed by atoms with Gasteiger partial charge in [0.2, 0.25) is 15.9 Å². The lowest BCUT2D eigenvalue weighted by molar-refractivity contribution is -0.116. The van der Waals surface area contributed by atoms with Crippen LogP contribution in [-0.2, 0) is 14.8 Å². The second-order valence-corrected chi connectivity index (χ2v) is 8.45. The van der Waals surface area contributed by atoms with Crippen LogP contribution in [0, 0.1) is 6.92 Å². The molecule has 0 bridgehead atoms. The average molecular weight is 401 g/mol. The molecule has 134 valence electrons. The highest BCUT2D eigenvalue weighted by Crippen LogP contribution is 2.25. The van der Waals surface area contributed by atoms with Crippen LogP contribution < -0.4 is 9.62 Å². The van der Waals surface area contributed by atoms with Crippen LogP contribution in [0.5, 0.6) is 0 Å². The van der Waals surface area contributed by atoms with E-state index in [2.05, 4.69) is 5.32 Å². The maximum Gasteiger partial charge on any atom is 0.247 e. The van der Waals surface area contributed by atoms with E-state index in [-0.39, 0.29) is 0 Å². The number of anilines is 2. The smallest absolute Gasteiger partial charge is 0.247 e. The van der Waals surface area contributed by atoms with Crippen LogP contribution in [0.3, 0.4) is 0 Å². The van der Waals surface area contributed by atoms with Gasteiger partial charge in [0.25, 0.3) is 0 Å². The number of carbonyl (C=O) groups is 1. The molecule has 8 heteroatoms. The minimum Gasteiger partial charge on any atom is -0.324 e. The predicted molar refractivity (Wildman–Crippen MR) is 103 cm³/mol. The predicted octanol–water partition coefficient (Wildman–Crippen LogP) is 4.10. The first kappa shape index (κ1) is 19.6. The summed E-state index contributed by atoms with van der Waals surface area (Å²) in [7, 11) is -3.66. The fraction of sp³-hybridized carbons (Fsp3) is 0.235. The second kappa shape index (κ2) is 7.64. The summed E-state index contributed by atoms with van der Waals surface area (Å²) < 4.78 is 25.5. The third-order valence-electron chi connectivity index (χ3n) is 3.51. The van der Waals surface area contributed by atoms with Crippen molar-refractivity contribution in [1.82, 2.24) is 0 Å². The number of amides is 1. The van der Waals surface area contributed by atoms with Gasteiger partial charge in [0.05, 0.1) is 11.9 Å². The van der Waals surface area contributed by atoms with E-state index < -0.39 is 22.0 Å². The summed E-state index contributed by atoms with van der Waals surface area (Å²) in [5.41, 5.74) is 1.80. The van der Waals surface area contributed by atoms with Crippen molar-refractivity contribution < 1.29 is 13.2 Å². The Hall–Kier alpha value is -1.76. The minimum absolute atomic E-state index is 0.369. The van der Waals surface area contributed by atoms with Gasteiger partial charge in [-0.25, -0.2) is 8.42 Å². The molecule has 0 spiro atoms. The Kier molecular flexibility index (Phi) is 5.98. The lowest BCUT2D eigenvalue weighted by atomic mass is 10.2. The third kappa shape index (κ3) is 5.11. The Labute approximate surface area is 157 Å². The van der Waals surface area contributed by atoms with E-state index in [0.29, 0.717) is 21.4 Å². The van der Waals surface area contributed by atoms with E-state index in [0.717, 1.165) is 16.1 Å². The molecule has 0 aliphatic heterocycles. The average Bonchev–Trinajstić information content (AvgIpc) is 2.47. The molecular weight excluding hydrogens is 383 g/mol. The van der Waals surface area contributed by atoms with Gasteiger partial charge < -0.3 is 5.32 Å². The van der Waals surface area contributed by atoms with Crippen molar-refractivity contribution >= 4 is 50.5 Å². The maximum atomic E-state index is 12.6. The van der Waals surface area contributed by atoms with Crippen LogP contribution in [-0.4, -0.2) is 26.6 Å².